The van der Waals surface area contributed by atoms with Gasteiger partial charge in [-0.15, -0.1) is 0 Å². The van der Waals surface area contributed by atoms with E-state index in [1.807, 2.05) is 17.1 Å². The predicted octanol–water partition coefficient (Wildman–Crippen LogP) is 5.46. The summed E-state index contributed by atoms with van der Waals surface area (Å²) in [6.07, 6.45) is 4.71. The van der Waals surface area contributed by atoms with Crippen LogP contribution in [-0.4, -0.2) is 33.8 Å². The number of carbonyl (C=O) groups is 1. The second-order valence-corrected chi connectivity index (χ2v) is 8.80. The Hall–Kier alpha value is -2.34. The summed E-state index contributed by atoms with van der Waals surface area (Å²) in [7, 11) is 0. The van der Waals surface area contributed by atoms with Crippen molar-refractivity contribution in [2.45, 2.75) is 31.6 Å². The summed E-state index contributed by atoms with van der Waals surface area (Å²) in [6, 6.07) is 15.6. The fraction of sp³-hybridized carbons (Fsp3) is 0.304. The molecule has 1 aliphatic heterocycles. The first-order valence-electron chi connectivity index (χ1n) is 10.3. The molecule has 1 N–H and O–H groups in total. The second kappa shape index (κ2) is 8.06. The van der Waals surface area contributed by atoms with Gasteiger partial charge in [0.05, 0.1) is 16.4 Å². The maximum Gasteiger partial charge on any atom is 0.286 e. The molecule has 1 saturated heterocycles. The Bertz CT molecular complexity index is 1080. The van der Waals surface area contributed by atoms with Crippen molar-refractivity contribution in [1.29, 1.82) is 0 Å². The molecule has 0 unspecified atom stereocenters. The van der Waals surface area contributed by atoms with Gasteiger partial charge in [-0.25, -0.2) is 9.69 Å². The zero-order chi connectivity index (χ0) is 20.7. The van der Waals surface area contributed by atoms with Gasteiger partial charge in [0.2, 0.25) is 0 Å². The van der Waals surface area contributed by atoms with E-state index in [9.17, 15) is 4.79 Å². The summed E-state index contributed by atoms with van der Waals surface area (Å²) >= 11 is 12.6. The van der Waals surface area contributed by atoms with Crippen molar-refractivity contribution in [2.24, 2.45) is 0 Å². The molecule has 0 atom stereocenters. The molecule has 0 spiro atoms. The molecule has 1 saturated carbocycles. The number of nitrogens with one attached hydrogen (secondary N) is 1. The van der Waals surface area contributed by atoms with Gasteiger partial charge in [0.25, 0.3) is 5.91 Å². The number of hydrogen-bond acceptors (Lipinski definition) is 3. The topological polar surface area (TPSA) is 50.2 Å². The van der Waals surface area contributed by atoms with Crippen molar-refractivity contribution in [3.63, 3.8) is 0 Å². The maximum atomic E-state index is 12.8. The van der Waals surface area contributed by atoms with Crippen LogP contribution in [0.1, 0.15) is 47.7 Å². The number of nitrogens with zero attached hydrogens (tertiary/aromatic N) is 3. The Morgan fingerprint density at radius 1 is 1.00 bits per heavy atom. The summed E-state index contributed by atoms with van der Waals surface area (Å²) in [6.45, 7) is 1.73. The van der Waals surface area contributed by atoms with Crippen molar-refractivity contribution < 1.29 is 4.79 Å². The van der Waals surface area contributed by atoms with Gasteiger partial charge in [-0.2, -0.15) is 5.10 Å². The number of carbonyl (C=O) groups excluding carboxylic acids is 1. The van der Waals surface area contributed by atoms with Crippen molar-refractivity contribution in [3.8, 4) is 16.9 Å². The highest BCUT2D eigenvalue weighted by Crippen LogP contribution is 2.40. The summed E-state index contributed by atoms with van der Waals surface area (Å²) in [4.78, 5) is 12.8. The highest BCUT2D eigenvalue weighted by molar-refractivity contribution is 6.35. The third kappa shape index (κ3) is 3.97. The third-order valence-electron chi connectivity index (χ3n) is 5.70. The van der Waals surface area contributed by atoms with E-state index in [-0.39, 0.29) is 5.91 Å². The van der Waals surface area contributed by atoms with Crippen LogP contribution in [0.25, 0.3) is 16.9 Å². The smallest absolute Gasteiger partial charge is 0.283 e. The Balaban J connectivity index is 1.54. The molecule has 5 rings (SSSR count). The predicted molar refractivity (Wildman–Crippen MR) is 119 cm³/mol. The van der Waals surface area contributed by atoms with Crippen LogP contribution in [0.15, 0.2) is 48.5 Å². The number of benzene rings is 2. The maximum absolute atomic E-state index is 12.8. The number of hydrazine groups is 1. The monoisotopic (exact) mass is 440 g/mol. The van der Waals surface area contributed by atoms with Crippen molar-refractivity contribution in [2.75, 3.05) is 13.1 Å². The summed E-state index contributed by atoms with van der Waals surface area (Å²) in [5, 5.41) is 7.59. The van der Waals surface area contributed by atoms with Crippen LogP contribution in [0.4, 0.5) is 0 Å². The Kier molecular flexibility index (Phi) is 5.27. The van der Waals surface area contributed by atoms with Crippen LogP contribution < -0.4 is 5.43 Å². The molecular weight excluding hydrogens is 419 g/mol. The summed E-state index contributed by atoms with van der Waals surface area (Å²) in [5.41, 5.74) is 7.16. The molecule has 7 heteroatoms. The lowest BCUT2D eigenvalue weighted by molar-refractivity contribution is 0.0820. The second-order valence-electron chi connectivity index (χ2n) is 7.95. The Labute approximate surface area is 185 Å². The molecule has 2 aliphatic rings. The summed E-state index contributed by atoms with van der Waals surface area (Å²) < 4.78 is 1.73. The van der Waals surface area contributed by atoms with Gasteiger partial charge in [-0.3, -0.25) is 10.2 Å². The number of amides is 1. The van der Waals surface area contributed by atoms with Crippen molar-refractivity contribution in [3.05, 3.63) is 69.8 Å². The van der Waals surface area contributed by atoms with Gasteiger partial charge >= 0.3 is 0 Å². The average molecular weight is 441 g/mol. The molecule has 1 aliphatic carbocycles. The van der Waals surface area contributed by atoms with Gasteiger partial charge < -0.3 is 0 Å². The van der Waals surface area contributed by atoms with E-state index in [2.05, 4.69) is 34.8 Å². The van der Waals surface area contributed by atoms with E-state index in [0.717, 1.165) is 37.2 Å². The number of hydrogen-bond donors (Lipinski definition) is 1. The van der Waals surface area contributed by atoms with Crippen LogP contribution in [0.5, 0.6) is 0 Å². The lowest BCUT2D eigenvalue weighted by atomic mass is 10.1. The third-order valence-corrected chi connectivity index (χ3v) is 6.24. The molecule has 1 amide bonds. The quantitative estimate of drug-likeness (QED) is 0.572. The Morgan fingerprint density at radius 3 is 2.40 bits per heavy atom. The molecule has 0 bridgehead atoms. The van der Waals surface area contributed by atoms with Crippen molar-refractivity contribution >= 4 is 29.1 Å². The largest absolute Gasteiger partial charge is 0.286 e. The first-order valence-corrected chi connectivity index (χ1v) is 11.1. The van der Waals surface area contributed by atoms with E-state index in [1.165, 1.54) is 18.4 Å². The standard InChI is InChI=1S/C23H22Cl2N4O/c24-18-9-10-21(19(25)13-18)29-22(17-7-5-16(6-8-17)15-3-4-15)14-20(26-29)23(30)27-28-11-1-2-12-28/h5-10,13-15H,1-4,11-12H2,(H,27,30). The lowest BCUT2D eigenvalue weighted by Gasteiger charge is -2.14. The normalized spacial score (nSPS) is 16.7. The molecule has 2 aromatic carbocycles. The minimum Gasteiger partial charge on any atom is -0.283 e. The van der Waals surface area contributed by atoms with E-state index in [4.69, 9.17) is 23.2 Å². The minimum atomic E-state index is -0.211. The molecule has 1 aromatic heterocycles. The molecule has 154 valence electrons. The molecule has 3 aromatic rings. The zero-order valence-electron chi connectivity index (χ0n) is 16.4. The first kappa shape index (κ1) is 19.6. The van der Waals surface area contributed by atoms with Crippen LogP contribution in [0, 0.1) is 0 Å². The number of aromatic nitrogens is 2. The fourth-order valence-electron chi connectivity index (χ4n) is 3.91. The van der Waals surface area contributed by atoms with Gasteiger partial charge in [-0.1, -0.05) is 47.5 Å². The zero-order valence-corrected chi connectivity index (χ0v) is 18.0. The van der Waals surface area contributed by atoms with Gasteiger partial charge in [0.1, 0.15) is 0 Å². The fourth-order valence-corrected chi connectivity index (χ4v) is 4.40. The van der Waals surface area contributed by atoms with Crippen LogP contribution in [0.3, 0.4) is 0 Å². The van der Waals surface area contributed by atoms with Gasteiger partial charge in [0.15, 0.2) is 5.69 Å². The van der Waals surface area contributed by atoms with Gasteiger partial charge in [-0.05, 0) is 61.4 Å². The lowest BCUT2D eigenvalue weighted by Crippen LogP contribution is -2.40. The minimum absolute atomic E-state index is 0.211. The van der Waals surface area contributed by atoms with E-state index in [1.54, 1.807) is 16.8 Å². The molecule has 2 fully saturated rings. The van der Waals surface area contributed by atoms with E-state index >= 15 is 0 Å². The number of rotatable bonds is 5. The SMILES string of the molecule is O=C(NN1CCCC1)c1cc(-c2ccc(C3CC3)cc2)n(-c2ccc(Cl)cc2Cl)n1. The van der Waals surface area contributed by atoms with Crippen LogP contribution in [-0.2, 0) is 0 Å². The molecule has 5 nitrogen and oxygen atoms in total. The van der Waals surface area contributed by atoms with E-state index in [0.29, 0.717) is 27.3 Å². The van der Waals surface area contributed by atoms with Crippen LogP contribution >= 0.6 is 23.2 Å². The first-order chi connectivity index (χ1) is 14.6. The molecular formula is C23H22Cl2N4O. The molecule has 30 heavy (non-hydrogen) atoms. The van der Waals surface area contributed by atoms with Gasteiger partial charge in [0, 0.05) is 23.7 Å². The highest BCUT2D eigenvalue weighted by Gasteiger charge is 2.24. The van der Waals surface area contributed by atoms with E-state index < -0.39 is 0 Å². The highest BCUT2D eigenvalue weighted by atomic mass is 35.5. The Morgan fingerprint density at radius 2 is 1.73 bits per heavy atom. The van der Waals surface area contributed by atoms with Crippen molar-refractivity contribution in [1.82, 2.24) is 20.2 Å². The summed E-state index contributed by atoms with van der Waals surface area (Å²) in [5.74, 6) is 0.480. The molecule has 0 radical (unpaired) electrons. The molecule has 2 heterocycles. The van der Waals surface area contributed by atoms with Crippen LogP contribution in [0.2, 0.25) is 10.0 Å². The average Bonchev–Trinajstić information content (AvgIpc) is 3.28. The number of halogens is 2.